The van der Waals surface area contributed by atoms with Gasteiger partial charge in [0, 0.05) is 16.1 Å². The largest absolute Gasteiger partial charge is 0.361 e. The van der Waals surface area contributed by atoms with Crippen LogP contribution < -0.4 is 4.72 Å². The lowest BCUT2D eigenvalue weighted by Gasteiger charge is -2.14. The van der Waals surface area contributed by atoms with Crippen LogP contribution >= 0.6 is 15.9 Å². The highest BCUT2D eigenvalue weighted by atomic mass is 79.9. The van der Waals surface area contributed by atoms with Crippen molar-refractivity contribution in [3.8, 4) is 0 Å². The van der Waals surface area contributed by atoms with E-state index in [1.165, 1.54) is 0 Å². The van der Waals surface area contributed by atoms with Crippen LogP contribution in [-0.4, -0.2) is 13.6 Å². The smallest absolute Gasteiger partial charge is 0.241 e. The summed E-state index contributed by atoms with van der Waals surface area (Å²) in [4.78, 5) is 0.238. The molecule has 0 aliphatic heterocycles. The van der Waals surface area contributed by atoms with Crippen LogP contribution in [0.3, 0.4) is 0 Å². The first-order valence-corrected chi connectivity index (χ1v) is 8.71. The number of aryl methyl sites for hydroxylation is 3. The van der Waals surface area contributed by atoms with Crippen LogP contribution in [0.5, 0.6) is 0 Å². The van der Waals surface area contributed by atoms with Crippen molar-refractivity contribution < 1.29 is 12.9 Å². The molecule has 0 aliphatic rings. The molecule has 5 nitrogen and oxygen atoms in total. The van der Waals surface area contributed by atoms with E-state index in [0.29, 0.717) is 11.5 Å². The Hall–Kier alpha value is -1.18. The lowest BCUT2D eigenvalue weighted by molar-refractivity contribution is 0.391. The van der Waals surface area contributed by atoms with Crippen molar-refractivity contribution in [2.24, 2.45) is 0 Å². The quantitative estimate of drug-likeness (QED) is 0.892. The predicted octanol–water partition coefficient (Wildman–Crippen LogP) is 3.40. The van der Waals surface area contributed by atoms with E-state index in [2.05, 4.69) is 25.8 Å². The first-order chi connectivity index (χ1) is 9.72. The Balaban J connectivity index is 2.31. The van der Waals surface area contributed by atoms with Gasteiger partial charge in [0.1, 0.15) is 5.76 Å². The summed E-state index contributed by atoms with van der Waals surface area (Å²) >= 11 is 3.36. The third kappa shape index (κ3) is 3.36. The van der Waals surface area contributed by atoms with E-state index in [0.717, 1.165) is 15.6 Å². The molecule has 0 aliphatic carbocycles. The Morgan fingerprint density at radius 2 is 1.95 bits per heavy atom. The van der Waals surface area contributed by atoms with Gasteiger partial charge in [0.15, 0.2) is 0 Å². The molecule has 0 amide bonds. The van der Waals surface area contributed by atoms with Gasteiger partial charge >= 0.3 is 0 Å². The van der Waals surface area contributed by atoms with Gasteiger partial charge in [-0.05, 0) is 51.5 Å². The van der Waals surface area contributed by atoms with Crippen molar-refractivity contribution in [3.05, 3.63) is 45.3 Å². The van der Waals surface area contributed by atoms with Crippen molar-refractivity contribution in [2.45, 2.75) is 38.6 Å². The molecule has 1 unspecified atom stereocenters. The third-order valence-corrected chi connectivity index (χ3v) is 5.72. The summed E-state index contributed by atoms with van der Waals surface area (Å²) in [7, 11) is -3.60. The molecule has 7 heteroatoms. The fourth-order valence-electron chi connectivity index (χ4n) is 2.25. The maximum atomic E-state index is 12.4. The lowest BCUT2D eigenvalue weighted by atomic mass is 10.1. The summed E-state index contributed by atoms with van der Waals surface area (Å²) in [6.07, 6.45) is 0. The van der Waals surface area contributed by atoms with Crippen LogP contribution in [0.4, 0.5) is 0 Å². The fraction of sp³-hybridized carbons (Fsp3) is 0.357. The molecule has 0 bridgehead atoms. The van der Waals surface area contributed by atoms with E-state index >= 15 is 0 Å². The Labute approximate surface area is 132 Å². The minimum Gasteiger partial charge on any atom is -0.361 e. The van der Waals surface area contributed by atoms with Crippen molar-refractivity contribution in [2.75, 3.05) is 0 Å². The van der Waals surface area contributed by atoms with Crippen molar-refractivity contribution in [1.82, 2.24) is 9.88 Å². The molecule has 1 aromatic heterocycles. The highest BCUT2D eigenvalue weighted by molar-refractivity contribution is 9.10. The van der Waals surface area contributed by atoms with Gasteiger partial charge in [-0.25, -0.2) is 13.1 Å². The SMILES string of the molecule is Cc1cc(S(=O)(=O)NC(C)c2c(C)noc2C)ccc1Br. The molecule has 0 radical (unpaired) electrons. The first-order valence-electron chi connectivity index (χ1n) is 6.43. The molecule has 0 saturated carbocycles. The van der Waals surface area contributed by atoms with E-state index in [4.69, 9.17) is 4.52 Å². The Bertz CT molecular complexity index is 749. The van der Waals surface area contributed by atoms with Gasteiger partial charge in [0.2, 0.25) is 10.0 Å². The molecule has 1 aromatic carbocycles. The van der Waals surface area contributed by atoms with Gasteiger partial charge in [-0.15, -0.1) is 0 Å². The van der Waals surface area contributed by atoms with Gasteiger partial charge in [-0.1, -0.05) is 21.1 Å². The fourth-order valence-corrected chi connectivity index (χ4v) is 3.80. The van der Waals surface area contributed by atoms with E-state index in [9.17, 15) is 8.42 Å². The normalized spacial score (nSPS) is 13.4. The molecule has 0 saturated heterocycles. The van der Waals surface area contributed by atoms with Crippen LogP contribution in [0, 0.1) is 20.8 Å². The van der Waals surface area contributed by atoms with Crippen LogP contribution in [0.2, 0.25) is 0 Å². The van der Waals surface area contributed by atoms with Crippen molar-refractivity contribution >= 4 is 26.0 Å². The standard InChI is InChI=1S/C14H17BrN2O3S/c1-8-7-12(5-6-13(8)15)21(18,19)17-10(3)14-9(2)16-20-11(14)4/h5-7,10,17H,1-4H3. The minimum absolute atomic E-state index is 0.238. The number of nitrogens with one attached hydrogen (secondary N) is 1. The summed E-state index contributed by atoms with van der Waals surface area (Å²) in [5.74, 6) is 0.620. The number of sulfonamides is 1. The zero-order valence-electron chi connectivity index (χ0n) is 12.3. The average molecular weight is 373 g/mol. The molecule has 0 fully saturated rings. The highest BCUT2D eigenvalue weighted by Crippen LogP contribution is 2.24. The summed E-state index contributed by atoms with van der Waals surface area (Å²) in [6.45, 7) is 7.18. The second-order valence-corrected chi connectivity index (χ2v) is 7.56. The van der Waals surface area contributed by atoms with E-state index < -0.39 is 16.1 Å². The number of hydrogen-bond donors (Lipinski definition) is 1. The molecule has 1 N–H and O–H groups in total. The molecule has 1 atom stereocenters. The third-order valence-electron chi connectivity index (χ3n) is 3.29. The van der Waals surface area contributed by atoms with Crippen molar-refractivity contribution in [1.29, 1.82) is 0 Å². The number of rotatable bonds is 4. The van der Waals surface area contributed by atoms with Crippen molar-refractivity contribution in [3.63, 3.8) is 0 Å². The molecule has 114 valence electrons. The highest BCUT2D eigenvalue weighted by Gasteiger charge is 2.23. The molecule has 21 heavy (non-hydrogen) atoms. The Morgan fingerprint density at radius 3 is 2.48 bits per heavy atom. The van der Waals surface area contributed by atoms with Gasteiger partial charge in [-0.2, -0.15) is 0 Å². The van der Waals surface area contributed by atoms with Crippen LogP contribution in [0.1, 0.15) is 35.5 Å². The van der Waals surface area contributed by atoms with Gasteiger partial charge in [0.25, 0.3) is 0 Å². The Kier molecular flexibility index (Phi) is 4.55. The maximum Gasteiger partial charge on any atom is 0.241 e. The van der Waals surface area contributed by atoms with Gasteiger partial charge in [-0.3, -0.25) is 0 Å². The zero-order valence-corrected chi connectivity index (χ0v) is 14.7. The van der Waals surface area contributed by atoms with Crippen LogP contribution in [0.25, 0.3) is 0 Å². The summed E-state index contributed by atoms with van der Waals surface area (Å²) < 4.78 is 33.5. The van der Waals surface area contributed by atoms with Gasteiger partial charge < -0.3 is 4.52 Å². The Morgan fingerprint density at radius 1 is 1.29 bits per heavy atom. The molecular weight excluding hydrogens is 356 g/mol. The molecule has 1 heterocycles. The monoisotopic (exact) mass is 372 g/mol. The number of hydrogen-bond acceptors (Lipinski definition) is 4. The predicted molar refractivity (Wildman–Crippen MR) is 83.6 cm³/mol. The average Bonchev–Trinajstić information content (AvgIpc) is 2.71. The summed E-state index contributed by atoms with van der Waals surface area (Å²) in [5, 5.41) is 3.85. The number of nitrogens with zero attached hydrogens (tertiary/aromatic N) is 1. The first kappa shape index (κ1) is 16.2. The topological polar surface area (TPSA) is 72.2 Å². The number of aromatic nitrogens is 1. The summed E-state index contributed by atoms with van der Waals surface area (Å²) in [6, 6.07) is 4.52. The molecule has 2 rings (SSSR count). The second kappa shape index (κ2) is 5.90. The van der Waals surface area contributed by atoms with Crippen LogP contribution in [0.15, 0.2) is 32.1 Å². The molecular formula is C14H17BrN2O3S. The molecule has 2 aromatic rings. The second-order valence-electron chi connectivity index (χ2n) is 4.99. The number of halogens is 1. The van der Waals surface area contributed by atoms with E-state index in [-0.39, 0.29) is 4.90 Å². The van der Waals surface area contributed by atoms with Gasteiger partial charge in [0.05, 0.1) is 10.6 Å². The number of benzene rings is 1. The van der Waals surface area contributed by atoms with E-state index in [1.54, 1.807) is 39.0 Å². The lowest BCUT2D eigenvalue weighted by Crippen LogP contribution is -2.27. The molecule has 0 spiro atoms. The maximum absolute atomic E-state index is 12.4. The zero-order chi connectivity index (χ0) is 15.8. The summed E-state index contributed by atoms with van der Waals surface area (Å²) in [5.41, 5.74) is 2.32. The van der Waals surface area contributed by atoms with Crippen LogP contribution in [-0.2, 0) is 10.0 Å². The van der Waals surface area contributed by atoms with E-state index in [1.807, 2.05) is 6.92 Å². The minimum atomic E-state index is -3.60.